The molecule has 1 aromatic rings. The van der Waals surface area contributed by atoms with Gasteiger partial charge in [0.2, 0.25) is 0 Å². The Labute approximate surface area is 83.7 Å². The molecule has 0 aromatic heterocycles. The van der Waals surface area contributed by atoms with Crippen LogP contribution in [0.5, 0.6) is 0 Å². The highest BCUT2D eigenvalue weighted by molar-refractivity contribution is 6.31. The van der Waals surface area contributed by atoms with Crippen molar-refractivity contribution >= 4 is 11.6 Å². The standard InChI is InChI=1S/C11H14ClF/c1-7(2)8(3)10-5-4-9(13)6-11(10)12/h4-8H,1-3H3/t8-/m1/s1. The van der Waals surface area contributed by atoms with Gasteiger partial charge in [0.25, 0.3) is 0 Å². The average Bonchev–Trinajstić information content (AvgIpc) is 2.03. The molecule has 0 saturated carbocycles. The molecular formula is C11H14ClF. The SMILES string of the molecule is CC(C)[C@@H](C)c1ccc(F)cc1Cl. The Kier molecular flexibility index (Phi) is 3.32. The Hall–Kier alpha value is -0.560. The highest BCUT2D eigenvalue weighted by Gasteiger charge is 2.13. The maximum absolute atomic E-state index is 12.7. The van der Waals surface area contributed by atoms with Crippen LogP contribution in [0.3, 0.4) is 0 Å². The second kappa shape index (κ2) is 4.10. The molecule has 1 rings (SSSR count). The van der Waals surface area contributed by atoms with Crippen LogP contribution in [0.4, 0.5) is 4.39 Å². The van der Waals surface area contributed by atoms with E-state index < -0.39 is 0 Å². The first-order valence-corrected chi connectivity index (χ1v) is 4.85. The third-order valence-electron chi connectivity index (χ3n) is 2.45. The molecule has 2 heteroatoms. The molecule has 0 radical (unpaired) electrons. The monoisotopic (exact) mass is 200 g/mol. The highest BCUT2D eigenvalue weighted by atomic mass is 35.5. The molecule has 0 saturated heterocycles. The molecule has 0 bridgehead atoms. The van der Waals surface area contributed by atoms with E-state index in [0.29, 0.717) is 16.9 Å². The van der Waals surface area contributed by atoms with E-state index in [-0.39, 0.29) is 5.82 Å². The topological polar surface area (TPSA) is 0 Å². The number of rotatable bonds is 2. The second-order valence-electron chi connectivity index (χ2n) is 3.70. The molecule has 0 nitrogen and oxygen atoms in total. The molecule has 0 N–H and O–H groups in total. The van der Waals surface area contributed by atoms with E-state index in [9.17, 15) is 4.39 Å². The summed E-state index contributed by atoms with van der Waals surface area (Å²) in [6.45, 7) is 6.36. The minimum Gasteiger partial charge on any atom is -0.207 e. The molecular weight excluding hydrogens is 187 g/mol. The van der Waals surface area contributed by atoms with Crippen LogP contribution < -0.4 is 0 Å². The molecule has 72 valence electrons. The minimum atomic E-state index is -0.273. The van der Waals surface area contributed by atoms with E-state index in [1.165, 1.54) is 12.1 Å². The zero-order valence-electron chi connectivity index (χ0n) is 8.14. The number of halogens is 2. The van der Waals surface area contributed by atoms with Crippen molar-refractivity contribution in [3.63, 3.8) is 0 Å². The molecule has 1 aromatic carbocycles. The molecule has 0 heterocycles. The first kappa shape index (κ1) is 10.5. The van der Waals surface area contributed by atoms with Gasteiger partial charge in [-0.25, -0.2) is 4.39 Å². The third kappa shape index (κ3) is 2.44. The number of hydrogen-bond donors (Lipinski definition) is 0. The predicted molar refractivity (Wildman–Crippen MR) is 54.7 cm³/mol. The van der Waals surface area contributed by atoms with E-state index in [2.05, 4.69) is 20.8 Å². The fraction of sp³-hybridized carbons (Fsp3) is 0.455. The van der Waals surface area contributed by atoms with Crippen molar-refractivity contribution < 1.29 is 4.39 Å². The van der Waals surface area contributed by atoms with Crippen LogP contribution in [-0.4, -0.2) is 0 Å². The lowest BCUT2D eigenvalue weighted by atomic mass is 9.90. The van der Waals surface area contributed by atoms with Gasteiger partial charge in [-0.3, -0.25) is 0 Å². The fourth-order valence-corrected chi connectivity index (χ4v) is 1.57. The van der Waals surface area contributed by atoms with Gasteiger partial charge < -0.3 is 0 Å². The molecule has 0 spiro atoms. The molecule has 0 fully saturated rings. The van der Waals surface area contributed by atoms with Crippen molar-refractivity contribution in [2.45, 2.75) is 26.7 Å². The number of benzene rings is 1. The van der Waals surface area contributed by atoms with Crippen molar-refractivity contribution in [2.24, 2.45) is 5.92 Å². The van der Waals surface area contributed by atoms with Crippen LogP contribution in [0.1, 0.15) is 32.3 Å². The summed E-state index contributed by atoms with van der Waals surface area (Å²) in [5.41, 5.74) is 1.03. The van der Waals surface area contributed by atoms with Crippen LogP contribution in [0, 0.1) is 11.7 Å². The summed E-state index contributed by atoms with van der Waals surface area (Å²) in [7, 11) is 0. The summed E-state index contributed by atoms with van der Waals surface area (Å²) in [5.74, 6) is 0.612. The molecule has 1 atom stereocenters. The van der Waals surface area contributed by atoms with Gasteiger partial charge >= 0.3 is 0 Å². The Morgan fingerprint density at radius 1 is 1.23 bits per heavy atom. The summed E-state index contributed by atoms with van der Waals surface area (Å²) in [5, 5.41) is 0.529. The molecule has 0 aliphatic carbocycles. The van der Waals surface area contributed by atoms with Gasteiger partial charge in [0.15, 0.2) is 0 Å². The largest absolute Gasteiger partial charge is 0.207 e. The van der Waals surface area contributed by atoms with Crippen LogP contribution in [0.25, 0.3) is 0 Å². The molecule has 0 aliphatic rings. The predicted octanol–water partition coefficient (Wildman–Crippen LogP) is 4.24. The van der Waals surface area contributed by atoms with E-state index in [1.807, 2.05) is 0 Å². The maximum atomic E-state index is 12.7. The zero-order chi connectivity index (χ0) is 10.0. The Morgan fingerprint density at radius 3 is 2.31 bits per heavy atom. The van der Waals surface area contributed by atoms with E-state index >= 15 is 0 Å². The van der Waals surface area contributed by atoms with E-state index in [0.717, 1.165) is 5.56 Å². The Bertz CT molecular complexity index is 294. The average molecular weight is 201 g/mol. The Morgan fingerprint density at radius 2 is 1.85 bits per heavy atom. The summed E-state index contributed by atoms with van der Waals surface area (Å²) < 4.78 is 12.7. The first-order chi connectivity index (χ1) is 6.02. The molecule has 0 unspecified atom stereocenters. The van der Waals surface area contributed by atoms with E-state index in [4.69, 9.17) is 11.6 Å². The van der Waals surface area contributed by atoms with Crippen LogP contribution >= 0.6 is 11.6 Å². The van der Waals surface area contributed by atoms with Gasteiger partial charge in [-0.15, -0.1) is 0 Å². The van der Waals surface area contributed by atoms with Crippen molar-refractivity contribution in [1.29, 1.82) is 0 Å². The summed E-state index contributed by atoms with van der Waals surface area (Å²) in [6, 6.07) is 4.60. The van der Waals surface area contributed by atoms with Crippen LogP contribution in [0.2, 0.25) is 5.02 Å². The zero-order valence-corrected chi connectivity index (χ0v) is 8.90. The second-order valence-corrected chi connectivity index (χ2v) is 4.11. The van der Waals surface area contributed by atoms with Gasteiger partial charge in [-0.2, -0.15) is 0 Å². The van der Waals surface area contributed by atoms with Gasteiger partial charge in [-0.1, -0.05) is 38.4 Å². The quantitative estimate of drug-likeness (QED) is 0.670. The van der Waals surface area contributed by atoms with Crippen molar-refractivity contribution in [1.82, 2.24) is 0 Å². The van der Waals surface area contributed by atoms with Crippen molar-refractivity contribution in [2.75, 3.05) is 0 Å². The lowest BCUT2D eigenvalue weighted by Gasteiger charge is -2.17. The van der Waals surface area contributed by atoms with Crippen LogP contribution in [0.15, 0.2) is 18.2 Å². The smallest absolute Gasteiger partial charge is 0.124 e. The van der Waals surface area contributed by atoms with Gasteiger partial charge in [-0.05, 0) is 29.5 Å². The lowest BCUT2D eigenvalue weighted by Crippen LogP contribution is -2.02. The normalized spacial score (nSPS) is 13.4. The molecule has 13 heavy (non-hydrogen) atoms. The third-order valence-corrected chi connectivity index (χ3v) is 2.78. The molecule has 0 amide bonds. The molecule has 0 aliphatic heterocycles. The van der Waals surface area contributed by atoms with Gasteiger partial charge in [0, 0.05) is 5.02 Å². The minimum absolute atomic E-state index is 0.273. The van der Waals surface area contributed by atoms with Crippen molar-refractivity contribution in [3.05, 3.63) is 34.6 Å². The lowest BCUT2D eigenvalue weighted by molar-refractivity contribution is 0.533. The van der Waals surface area contributed by atoms with Crippen molar-refractivity contribution in [3.8, 4) is 0 Å². The summed E-state index contributed by atoms with van der Waals surface area (Å²) in [4.78, 5) is 0. The van der Waals surface area contributed by atoms with Crippen LogP contribution in [-0.2, 0) is 0 Å². The highest BCUT2D eigenvalue weighted by Crippen LogP contribution is 2.29. The first-order valence-electron chi connectivity index (χ1n) is 4.47. The van der Waals surface area contributed by atoms with Gasteiger partial charge in [0.05, 0.1) is 0 Å². The number of hydrogen-bond acceptors (Lipinski definition) is 0. The summed E-state index contributed by atoms with van der Waals surface area (Å²) in [6.07, 6.45) is 0. The fourth-order valence-electron chi connectivity index (χ4n) is 1.23. The maximum Gasteiger partial charge on any atom is 0.124 e. The van der Waals surface area contributed by atoms with Gasteiger partial charge in [0.1, 0.15) is 5.82 Å². The van der Waals surface area contributed by atoms with E-state index in [1.54, 1.807) is 6.07 Å². The summed E-state index contributed by atoms with van der Waals surface area (Å²) >= 11 is 5.93. The Balaban J connectivity index is 3.01.